The fourth-order valence-corrected chi connectivity index (χ4v) is 3.07. The van der Waals surface area contributed by atoms with E-state index < -0.39 is 0 Å². The number of hydrogen-bond acceptors (Lipinski definition) is 5. The number of phenolic OH excluding ortho intramolecular Hbond substituents is 1. The molecule has 1 heterocycles. The van der Waals surface area contributed by atoms with Crippen LogP contribution in [0.1, 0.15) is 24.4 Å². The van der Waals surface area contributed by atoms with Crippen molar-refractivity contribution in [3.8, 4) is 5.75 Å². The molecule has 1 aromatic carbocycles. The molecule has 1 aromatic rings. The molecule has 0 radical (unpaired) electrons. The van der Waals surface area contributed by atoms with Crippen molar-refractivity contribution in [2.75, 3.05) is 26.2 Å². The van der Waals surface area contributed by atoms with Crippen molar-refractivity contribution in [2.24, 2.45) is 5.92 Å². The van der Waals surface area contributed by atoms with Gasteiger partial charge in [0.2, 0.25) is 0 Å². The van der Waals surface area contributed by atoms with Crippen LogP contribution in [0, 0.1) is 16.0 Å². The second-order valence-corrected chi connectivity index (χ2v) is 5.57. The fourth-order valence-electron chi connectivity index (χ4n) is 3.07. The highest BCUT2D eigenvalue weighted by atomic mass is 35.5. The van der Waals surface area contributed by atoms with Gasteiger partial charge in [0.25, 0.3) is 5.69 Å². The summed E-state index contributed by atoms with van der Waals surface area (Å²) in [5.74, 6) is 0.583. The minimum absolute atomic E-state index is 0. The van der Waals surface area contributed by atoms with E-state index in [1.54, 1.807) is 6.07 Å². The van der Waals surface area contributed by atoms with Crippen LogP contribution < -0.4 is 5.32 Å². The molecule has 1 atom stereocenters. The average molecular weight is 350 g/mol. The summed E-state index contributed by atoms with van der Waals surface area (Å²) in [5.41, 5.74) is 0.789. The predicted octanol–water partition coefficient (Wildman–Crippen LogP) is 2.50. The molecule has 0 unspecified atom stereocenters. The normalized spacial score (nSPS) is 19.6. The summed E-state index contributed by atoms with van der Waals surface area (Å²) in [6.07, 6.45) is 2.23. The third-order valence-electron chi connectivity index (χ3n) is 4.14. The Kier molecular flexibility index (Phi) is 6.87. The molecule has 0 amide bonds. The van der Waals surface area contributed by atoms with Crippen LogP contribution in [0.3, 0.4) is 0 Å². The zero-order chi connectivity index (χ0) is 14.1. The van der Waals surface area contributed by atoms with Gasteiger partial charge < -0.3 is 10.4 Å². The number of nitrogens with zero attached hydrogens (tertiary/aromatic N) is 2. The van der Waals surface area contributed by atoms with E-state index in [9.17, 15) is 15.2 Å². The number of aromatic hydroxyl groups is 1. The van der Waals surface area contributed by atoms with E-state index in [-0.39, 0.29) is 47.2 Å². The highest BCUT2D eigenvalue weighted by Gasteiger charge is 2.40. The maximum absolute atomic E-state index is 11.3. The molecule has 2 aliphatic rings. The number of benzene rings is 1. The SMILES string of the molecule is Cl.Cl.O=[N+]([O-])c1ccc(O)cc1[C@H](C1CC1)N1CCNCC1. The van der Waals surface area contributed by atoms with E-state index in [0.29, 0.717) is 11.5 Å². The monoisotopic (exact) mass is 349 g/mol. The molecular formula is C14H21Cl2N3O3. The lowest BCUT2D eigenvalue weighted by atomic mass is 9.97. The standard InChI is InChI=1S/C14H19N3O3.2ClH/c18-11-3-4-13(17(19)20)12(9-11)14(10-1-2-10)16-7-5-15-6-8-16;;/h3-4,9-10,14-15,18H,1-2,5-8H2;2*1H/t14-;;/m0../s1. The summed E-state index contributed by atoms with van der Waals surface area (Å²) >= 11 is 0. The molecule has 0 aromatic heterocycles. The summed E-state index contributed by atoms with van der Waals surface area (Å²) in [6, 6.07) is 4.44. The molecule has 1 aliphatic heterocycles. The zero-order valence-corrected chi connectivity index (χ0v) is 13.7. The molecule has 0 spiro atoms. The second-order valence-electron chi connectivity index (χ2n) is 5.57. The molecule has 2 fully saturated rings. The van der Waals surface area contributed by atoms with E-state index >= 15 is 0 Å². The molecule has 1 saturated heterocycles. The van der Waals surface area contributed by atoms with Crippen LogP contribution in [0.25, 0.3) is 0 Å². The molecular weight excluding hydrogens is 329 g/mol. The molecule has 1 saturated carbocycles. The van der Waals surface area contributed by atoms with E-state index in [0.717, 1.165) is 39.0 Å². The number of piperazine rings is 1. The van der Waals surface area contributed by atoms with Crippen molar-refractivity contribution < 1.29 is 10.0 Å². The van der Waals surface area contributed by atoms with Crippen LogP contribution >= 0.6 is 24.8 Å². The molecule has 6 nitrogen and oxygen atoms in total. The number of hydrogen-bond donors (Lipinski definition) is 2. The maximum Gasteiger partial charge on any atom is 0.274 e. The van der Waals surface area contributed by atoms with Crippen molar-refractivity contribution in [1.82, 2.24) is 10.2 Å². The molecule has 8 heteroatoms. The van der Waals surface area contributed by atoms with Crippen molar-refractivity contribution >= 4 is 30.5 Å². The van der Waals surface area contributed by atoms with Gasteiger partial charge in [-0.25, -0.2) is 0 Å². The van der Waals surface area contributed by atoms with Crippen molar-refractivity contribution in [3.63, 3.8) is 0 Å². The van der Waals surface area contributed by atoms with Crippen LogP contribution in [-0.2, 0) is 0 Å². The van der Waals surface area contributed by atoms with Crippen molar-refractivity contribution in [1.29, 1.82) is 0 Å². The molecule has 0 bridgehead atoms. The third kappa shape index (κ3) is 4.01. The Bertz CT molecular complexity index is 520. The first-order valence-electron chi connectivity index (χ1n) is 7.09. The van der Waals surface area contributed by atoms with E-state index in [1.165, 1.54) is 12.1 Å². The molecule has 22 heavy (non-hydrogen) atoms. The smallest absolute Gasteiger partial charge is 0.274 e. The quantitative estimate of drug-likeness (QED) is 0.644. The molecule has 1 aliphatic carbocycles. The zero-order valence-electron chi connectivity index (χ0n) is 12.1. The Morgan fingerprint density at radius 2 is 1.91 bits per heavy atom. The molecule has 124 valence electrons. The van der Waals surface area contributed by atoms with Gasteiger partial charge in [0.05, 0.1) is 10.5 Å². The Labute approximate surface area is 141 Å². The Morgan fingerprint density at radius 3 is 2.45 bits per heavy atom. The van der Waals surface area contributed by atoms with Gasteiger partial charge in [0.15, 0.2) is 0 Å². The summed E-state index contributed by atoms with van der Waals surface area (Å²) in [4.78, 5) is 13.2. The van der Waals surface area contributed by atoms with Gasteiger partial charge in [-0.3, -0.25) is 15.0 Å². The largest absolute Gasteiger partial charge is 0.508 e. The van der Waals surface area contributed by atoms with Gasteiger partial charge in [-0.05, 0) is 30.9 Å². The maximum atomic E-state index is 11.3. The number of nitrogens with one attached hydrogen (secondary N) is 1. The van der Waals surface area contributed by atoms with Gasteiger partial charge in [0.1, 0.15) is 5.75 Å². The van der Waals surface area contributed by atoms with Crippen LogP contribution in [0.15, 0.2) is 18.2 Å². The minimum Gasteiger partial charge on any atom is -0.508 e. The minimum atomic E-state index is -0.341. The van der Waals surface area contributed by atoms with Crippen LogP contribution in [-0.4, -0.2) is 41.1 Å². The molecule has 3 rings (SSSR count). The summed E-state index contributed by atoms with van der Waals surface area (Å²) in [5, 5.41) is 24.3. The van der Waals surface area contributed by atoms with Crippen molar-refractivity contribution in [2.45, 2.75) is 18.9 Å². The summed E-state index contributed by atoms with van der Waals surface area (Å²) < 4.78 is 0. The van der Waals surface area contributed by atoms with Crippen LogP contribution in [0.4, 0.5) is 5.69 Å². The average Bonchev–Trinajstić information content (AvgIpc) is 3.25. The number of nitro benzene ring substituents is 1. The van der Waals surface area contributed by atoms with Gasteiger partial charge >= 0.3 is 0 Å². The first kappa shape index (κ1) is 19.0. The summed E-state index contributed by atoms with van der Waals surface area (Å²) in [7, 11) is 0. The highest BCUT2D eigenvalue weighted by Crippen LogP contribution is 2.47. The lowest BCUT2D eigenvalue weighted by molar-refractivity contribution is -0.386. The molecule has 2 N–H and O–H groups in total. The Morgan fingerprint density at radius 1 is 1.27 bits per heavy atom. The second kappa shape index (κ2) is 7.97. The van der Waals surface area contributed by atoms with Gasteiger partial charge in [-0.1, -0.05) is 0 Å². The van der Waals surface area contributed by atoms with Crippen molar-refractivity contribution in [3.05, 3.63) is 33.9 Å². The number of nitro groups is 1. The first-order chi connectivity index (χ1) is 9.66. The Balaban J connectivity index is 0.00000121. The van der Waals surface area contributed by atoms with E-state index in [1.807, 2.05) is 0 Å². The third-order valence-corrected chi connectivity index (χ3v) is 4.14. The number of phenols is 1. The number of rotatable bonds is 4. The predicted molar refractivity (Wildman–Crippen MR) is 89.2 cm³/mol. The Hall–Kier alpha value is -1.08. The van der Waals surface area contributed by atoms with Gasteiger partial charge in [-0.15, -0.1) is 24.8 Å². The number of halogens is 2. The van der Waals surface area contributed by atoms with Gasteiger partial charge in [0, 0.05) is 38.3 Å². The fraction of sp³-hybridized carbons (Fsp3) is 0.571. The lowest BCUT2D eigenvalue weighted by Crippen LogP contribution is -2.45. The van der Waals surface area contributed by atoms with E-state index in [2.05, 4.69) is 10.2 Å². The summed E-state index contributed by atoms with van der Waals surface area (Å²) in [6.45, 7) is 3.62. The van der Waals surface area contributed by atoms with Crippen LogP contribution in [0.2, 0.25) is 0 Å². The van der Waals surface area contributed by atoms with Crippen LogP contribution in [0.5, 0.6) is 5.75 Å². The first-order valence-corrected chi connectivity index (χ1v) is 7.09. The van der Waals surface area contributed by atoms with E-state index in [4.69, 9.17) is 0 Å². The van der Waals surface area contributed by atoms with Gasteiger partial charge in [-0.2, -0.15) is 0 Å². The highest BCUT2D eigenvalue weighted by molar-refractivity contribution is 5.85. The topological polar surface area (TPSA) is 78.6 Å². The lowest BCUT2D eigenvalue weighted by Gasteiger charge is -2.35.